The second kappa shape index (κ2) is 9.28. The van der Waals surface area contributed by atoms with Gasteiger partial charge in [-0.15, -0.1) is 0 Å². The Balaban J connectivity index is 0.000000677. The topological polar surface area (TPSA) is 61.8 Å². The van der Waals surface area contributed by atoms with Gasteiger partial charge in [-0.05, 0) is 24.3 Å². The Hall–Kier alpha value is -2.66. The van der Waals surface area contributed by atoms with Crippen molar-refractivity contribution in [1.82, 2.24) is 0 Å². The lowest BCUT2D eigenvalue weighted by atomic mass is 10.2. The van der Waals surface area contributed by atoms with Crippen molar-refractivity contribution in [3.05, 3.63) is 71.8 Å². The molecule has 0 aromatic heterocycles. The number of benzene rings is 2. The molecule has 0 N–H and O–H groups in total. The average Bonchev–Trinajstić information content (AvgIpc) is 2.54. The fourth-order valence-electron chi connectivity index (χ4n) is 1.32. The number of carbonyl (C=O) groups excluding carboxylic acids is 2. The highest BCUT2D eigenvalue weighted by Crippen LogP contribution is 2.05. The van der Waals surface area contributed by atoms with Crippen LogP contribution in [0.5, 0.6) is 0 Å². The van der Waals surface area contributed by atoms with E-state index in [4.69, 9.17) is 0 Å². The van der Waals surface area contributed by atoms with Gasteiger partial charge in [0.1, 0.15) is 0 Å². The van der Waals surface area contributed by atoms with Crippen molar-refractivity contribution in [1.29, 1.82) is 0 Å². The lowest BCUT2D eigenvalue weighted by Crippen LogP contribution is -2.11. The van der Waals surface area contributed by atoms with Gasteiger partial charge < -0.3 is 4.74 Å². The van der Waals surface area contributed by atoms with E-state index >= 15 is 0 Å². The van der Waals surface area contributed by atoms with Crippen LogP contribution in [0.1, 0.15) is 20.7 Å². The highest BCUT2D eigenvalue weighted by molar-refractivity contribution is 5.92. The normalized spacial score (nSPS) is 9.05. The molecule has 0 fully saturated rings. The minimum atomic E-state index is -0.708. The van der Waals surface area contributed by atoms with E-state index in [-0.39, 0.29) is 0 Å². The first-order valence-corrected chi connectivity index (χ1v) is 6.12. The van der Waals surface area contributed by atoms with E-state index < -0.39 is 11.9 Å². The predicted octanol–water partition coefficient (Wildman–Crippen LogP) is 2.88. The minimum Gasteiger partial charge on any atom is -0.388 e. The van der Waals surface area contributed by atoms with Gasteiger partial charge >= 0.3 is 11.9 Å². The number of hydrogen-bond donors (Lipinski definition) is 0. The van der Waals surface area contributed by atoms with Gasteiger partial charge in [-0.25, -0.2) is 19.4 Å². The van der Waals surface area contributed by atoms with E-state index in [9.17, 15) is 9.59 Å². The lowest BCUT2D eigenvalue weighted by Gasteiger charge is -2.02. The summed E-state index contributed by atoms with van der Waals surface area (Å²) in [5.74, 6) is -1.42. The van der Waals surface area contributed by atoms with E-state index in [0.717, 1.165) is 0 Å². The van der Waals surface area contributed by atoms with Crippen molar-refractivity contribution in [3.63, 3.8) is 0 Å². The summed E-state index contributed by atoms with van der Waals surface area (Å²) in [4.78, 5) is 31.9. The first-order valence-electron chi connectivity index (χ1n) is 6.12. The van der Waals surface area contributed by atoms with Crippen LogP contribution in [0.3, 0.4) is 0 Å². The van der Waals surface area contributed by atoms with Crippen LogP contribution < -0.4 is 0 Å². The van der Waals surface area contributed by atoms with Crippen LogP contribution in [0.2, 0.25) is 0 Å². The second-order valence-electron chi connectivity index (χ2n) is 3.88. The summed E-state index contributed by atoms with van der Waals surface area (Å²) >= 11 is 0. The van der Waals surface area contributed by atoms with Crippen molar-refractivity contribution < 1.29 is 24.1 Å². The molecule has 110 valence electrons. The first kappa shape index (κ1) is 16.4. The van der Waals surface area contributed by atoms with E-state index in [0.29, 0.717) is 11.1 Å². The van der Waals surface area contributed by atoms with Crippen LogP contribution in [-0.2, 0) is 14.5 Å². The molecule has 0 saturated heterocycles. The molecule has 5 nitrogen and oxygen atoms in total. The molecule has 2 aromatic carbocycles. The monoisotopic (exact) mass is 288 g/mol. The van der Waals surface area contributed by atoms with Gasteiger partial charge in [0.05, 0.1) is 11.1 Å². The third kappa shape index (κ3) is 5.88. The van der Waals surface area contributed by atoms with E-state index in [2.05, 4.69) is 14.5 Å². The maximum atomic E-state index is 11.5. The Morgan fingerprint density at radius 3 is 1.24 bits per heavy atom. The molecule has 2 aromatic rings. The van der Waals surface area contributed by atoms with Crippen LogP contribution in [0.25, 0.3) is 0 Å². The van der Waals surface area contributed by atoms with Gasteiger partial charge in [0.25, 0.3) is 0 Å². The zero-order chi connectivity index (χ0) is 15.5. The van der Waals surface area contributed by atoms with Gasteiger partial charge in [0, 0.05) is 14.2 Å². The number of carbonyl (C=O) groups is 2. The van der Waals surface area contributed by atoms with Gasteiger partial charge in [0.15, 0.2) is 0 Å². The van der Waals surface area contributed by atoms with Crippen LogP contribution in [0.4, 0.5) is 0 Å². The third-order valence-electron chi connectivity index (χ3n) is 2.21. The largest absolute Gasteiger partial charge is 0.388 e. The molecule has 0 atom stereocenters. The van der Waals surface area contributed by atoms with Crippen LogP contribution in [0.15, 0.2) is 60.7 Å². The summed E-state index contributed by atoms with van der Waals surface area (Å²) < 4.78 is 4.25. The summed E-state index contributed by atoms with van der Waals surface area (Å²) in [5.41, 5.74) is 0.636. The number of hydrogen-bond acceptors (Lipinski definition) is 5. The van der Waals surface area contributed by atoms with E-state index in [1.807, 2.05) is 0 Å². The summed E-state index contributed by atoms with van der Waals surface area (Å²) in [5, 5.41) is 0. The molecule has 0 aliphatic carbocycles. The van der Waals surface area contributed by atoms with Crippen molar-refractivity contribution in [2.75, 3.05) is 14.2 Å². The molecule has 21 heavy (non-hydrogen) atoms. The van der Waals surface area contributed by atoms with E-state index in [1.165, 1.54) is 0 Å². The Bertz CT molecular complexity index is 500. The van der Waals surface area contributed by atoms with Crippen molar-refractivity contribution in [2.45, 2.75) is 0 Å². The quantitative estimate of drug-likeness (QED) is 0.628. The summed E-state index contributed by atoms with van der Waals surface area (Å²) in [6.45, 7) is 0. The Morgan fingerprint density at radius 2 is 0.952 bits per heavy atom. The molecule has 2 rings (SSSR count). The molecular weight excluding hydrogens is 272 g/mol. The molecule has 0 radical (unpaired) electrons. The molecule has 0 unspecified atom stereocenters. The summed E-state index contributed by atoms with van der Waals surface area (Å²) in [7, 11) is 3.25. The smallest absolute Gasteiger partial charge is 0.386 e. The molecule has 0 spiro atoms. The Morgan fingerprint density at radius 1 is 0.667 bits per heavy atom. The number of rotatable bonds is 2. The van der Waals surface area contributed by atoms with Crippen LogP contribution in [0, 0.1) is 0 Å². The number of ether oxygens (including phenoxy) is 1. The SMILES string of the molecule is COC.O=C(OOC(=O)c1ccccc1)c1ccccc1. The molecule has 0 bridgehead atoms. The van der Waals surface area contributed by atoms with Crippen molar-refractivity contribution in [2.24, 2.45) is 0 Å². The fourth-order valence-corrected chi connectivity index (χ4v) is 1.32. The Labute approximate surface area is 123 Å². The predicted molar refractivity (Wildman–Crippen MR) is 76.6 cm³/mol. The minimum absolute atomic E-state index is 0.318. The first-order chi connectivity index (χ1) is 10.2. The maximum Gasteiger partial charge on any atom is 0.386 e. The van der Waals surface area contributed by atoms with Crippen LogP contribution >= 0.6 is 0 Å². The van der Waals surface area contributed by atoms with E-state index in [1.54, 1.807) is 74.9 Å². The highest BCUT2D eigenvalue weighted by Gasteiger charge is 2.12. The maximum absolute atomic E-state index is 11.5. The molecule has 5 heteroatoms. The molecule has 0 aliphatic rings. The molecular formula is C16H16O5. The summed E-state index contributed by atoms with van der Waals surface area (Å²) in [6, 6.07) is 16.6. The third-order valence-corrected chi connectivity index (χ3v) is 2.21. The zero-order valence-corrected chi connectivity index (χ0v) is 11.8. The van der Waals surface area contributed by atoms with Gasteiger partial charge in [-0.2, -0.15) is 0 Å². The van der Waals surface area contributed by atoms with Crippen LogP contribution in [-0.4, -0.2) is 26.2 Å². The standard InChI is InChI=1S/C14H10O4.C2H6O/c15-13(11-7-3-1-4-8-11)17-18-14(16)12-9-5-2-6-10-12;1-3-2/h1-10H;1-2H3. The Kier molecular flexibility index (Phi) is 7.24. The van der Waals surface area contributed by atoms with Gasteiger partial charge in [0.2, 0.25) is 0 Å². The van der Waals surface area contributed by atoms with Gasteiger partial charge in [-0.1, -0.05) is 36.4 Å². The van der Waals surface area contributed by atoms with Gasteiger partial charge in [-0.3, -0.25) is 0 Å². The molecule has 0 aliphatic heterocycles. The summed E-state index contributed by atoms with van der Waals surface area (Å²) in [6.07, 6.45) is 0. The molecule has 0 amide bonds. The number of methoxy groups -OCH3 is 1. The lowest BCUT2D eigenvalue weighted by molar-refractivity contribution is -0.187. The zero-order valence-electron chi connectivity index (χ0n) is 11.8. The molecule has 0 saturated carbocycles. The second-order valence-corrected chi connectivity index (χ2v) is 3.88. The fraction of sp³-hybridized carbons (Fsp3) is 0.125. The van der Waals surface area contributed by atoms with Crippen molar-refractivity contribution in [3.8, 4) is 0 Å². The highest BCUT2D eigenvalue weighted by atomic mass is 17.2. The average molecular weight is 288 g/mol. The molecule has 0 heterocycles. The van der Waals surface area contributed by atoms with Crippen molar-refractivity contribution >= 4 is 11.9 Å².